The fourth-order valence-electron chi connectivity index (χ4n) is 3.75. The molecule has 0 bridgehead atoms. The normalized spacial score (nSPS) is 21.3. The van der Waals surface area contributed by atoms with Crippen molar-refractivity contribution in [2.45, 2.75) is 37.0 Å². The van der Waals surface area contributed by atoms with Gasteiger partial charge in [0.25, 0.3) is 0 Å². The van der Waals surface area contributed by atoms with E-state index in [9.17, 15) is 26.3 Å². The zero-order valence-electron chi connectivity index (χ0n) is 16.7. The number of aliphatic imine (C=N–C) groups is 2. The summed E-state index contributed by atoms with van der Waals surface area (Å²) in [6.45, 7) is 0.496. The van der Waals surface area contributed by atoms with Crippen molar-refractivity contribution < 1.29 is 31.1 Å². The molecule has 170 valence electrons. The molecule has 0 amide bonds. The van der Waals surface area contributed by atoms with Crippen molar-refractivity contribution in [1.82, 2.24) is 4.90 Å². The van der Waals surface area contributed by atoms with E-state index in [0.29, 0.717) is 13.0 Å². The van der Waals surface area contributed by atoms with Gasteiger partial charge in [-0.3, -0.25) is 0 Å². The highest BCUT2D eigenvalue weighted by molar-refractivity contribution is 6.16. The summed E-state index contributed by atoms with van der Waals surface area (Å²) in [4.78, 5) is 7.85. The van der Waals surface area contributed by atoms with Gasteiger partial charge in [0, 0.05) is 17.7 Å². The van der Waals surface area contributed by atoms with Crippen LogP contribution in [-0.4, -0.2) is 53.8 Å². The second-order valence-corrected chi connectivity index (χ2v) is 7.52. The first-order chi connectivity index (χ1) is 15.1. The topological polar surface area (TPSA) is 37.2 Å². The van der Waals surface area contributed by atoms with Gasteiger partial charge in [0.2, 0.25) is 0 Å². The van der Waals surface area contributed by atoms with Gasteiger partial charge in [-0.15, -0.1) is 0 Å². The summed E-state index contributed by atoms with van der Waals surface area (Å²) >= 11 is 0. The van der Waals surface area contributed by atoms with Crippen molar-refractivity contribution in [3.63, 3.8) is 0 Å². The number of amidine groups is 2. The Labute approximate surface area is 180 Å². The van der Waals surface area contributed by atoms with Gasteiger partial charge in [0.05, 0.1) is 12.6 Å². The second-order valence-electron chi connectivity index (χ2n) is 7.52. The van der Waals surface area contributed by atoms with Crippen LogP contribution in [0.15, 0.2) is 70.6 Å². The SMILES string of the molecule is FC(F)(F)C1(C(F)(F)F)N=C(c2ccccc2)N(CC2CCCO2)C(c2ccccc2)=N1. The lowest BCUT2D eigenvalue weighted by Gasteiger charge is -2.40. The summed E-state index contributed by atoms with van der Waals surface area (Å²) < 4.78 is 89.8. The van der Waals surface area contributed by atoms with Crippen molar-refractivity contribution in [2.75, 3.05) is 13.2 Å². The molecular formula is C22H19F6N3O. The molecule has 2 aromatic carbocycles. The zero-order valence-corrected chi connectivity index (χ0v) is 16.7. The minimum absolute atomic E-state index is 0.0211. The van der Waals surface area contributed by atoms with Gasteiger partial charge in [-0.25, -0.2) is 9.98 Å². The van der Waals surface area contributed by atoms with E-state index in [1.165, 1.54) is 53.4 Å². The van der Waals surface area contributed by atoms with Gasteiger partial charge in [0.1, 0.15) is 11.7 Å². The summed E-state index contributed by atoms with van der Waals surface area (Å²) in [5.74, 6) is -0.908. The summed E-state index contributed by atoms with van der Waals surface area (Å²) in [5.41, 5.74) is -4.39. The molecule has 4 nitrogen and oxygen atoms in total. The van der Waals surface area contributed by atoms with E-state index in [1.807, 2.05) is 0 Å². The molecule has 2 heterocycles. The van der Waals surface area contributed by atoms with Gasteiger partial charge >= 0.3 is 18.0 Å². The van der Waals surface area contributed by atoms with Crippen LogP contribution in [0.25, 0.3) is 0 Å². The van der Waals surface area contributed by atoms with Gasteiger partial charge < -0.3 is 9.64 Å². The van der Waals surface area contributed by atoms with Crippen molar-refractivity contribution in [2.24, 2.45) is 9.98 Å². The monoisotopic (exact) mass is 455 g/mol. The fraction of sp³-hybridized carbons (Fsp3) is 0.364. The van der Waals surface area contributed by atoms with E-state index in [1.54, 1.807) is 12.1 Å². The number of benzene rings is 2. The van der Waals surface area contributed by atoms with Crippen molar-refractivity contribution in [3.8, 4) is 0 Å². The predicted molar refractivity (Wildman–Crippen MR) is 106 cm³/mol. The van der Waals surface area contributed by atoms with Crippen LogP contribution in [0.5, 0.6) is 0 Å². The van der Waals surface area contributed by atoms with Crippen LogP contribution in [0.3, 0.4) is 0 Å². The molecule has 0 radical (unpaired) electrons. The van der Waals surface area contributed by atoms with Crippen molar-refractivity contribution >= 4 is 11.7 Å². The Kier molecular flexibility index (Phi) is 5.74. The number of nitrogens with zero attached hydrogens (tertiary/aromatic N) is 3. The van der Waals surface area contributed by atoms with E-state index >= 15 is 0 Å². The summed E-state index contributed by atoms with van der Waals surface area (Å²) in [7, 11) is 0. The van der Waals surface area contributed by atoms with E-state index in [4.69, 9.17) is 4.74 Å². The van der Waals surface area contributed by atoms with Gasteiger partial charge in [-0.2, -0.15) is 26.3 Å². The van der Waals surface area contributed by atoms with Gasteiger partial charge in [-0.05, 0) is 12.8 Å². The smallest absolute Gasteiger partial charge is 0.376 e. The Morgan fingerprint density at radius 3 is 1.66 bits per heavy atom. The molecule has 0 aliphatic carbocycles. The molecule has 1 atom stereocenters. The van der Waals surface area contributed by atoms with Crippen LogP contribution in [0, 0.1) is 0 Å². The third-order valence-corrected chi connectivity index (χ3v) is 5.31. The van der Waals surface area contributed by atoms with Gasteiger partial charge in [-0.1, -0.05) is 60.7 Å². The maximum atomic E-state index is 14.0. The largest absolute Gasteiger partial charge is 0.443 e. The summed E-state index contributed by atoms with van der Waals surface area (Å²) in [6.07, 6.45) is -10.6. The Bertz CT molecular complexity index is 922. The Balaban J connectivity index is 1.97. The first-order valence-electron chi connectivity index (χ1n) is 9.95. The maximum absolute atomic E-state index is 14.0. The molecule has 32 heavy (non-hydrogen) atoms. The van der Waals surface area contributed by atoms with E-state index in [0.717, 1.165) is 6.42 Å². The number of halogens is 6. The Hall–Kier alpha value is -2.88. The molecule has 10 heteroatoms. The second kappa shape index (κ2) is 8.23. The standard InChI is InChI=1S/C22H19F6N3O/c23-21(24,25)20(22(26,27)28)29-18(15-8-3-1-4-9-15)31(14-17-12-7-13-32-17)19(30-20)16-10-5-2-6-11-16/h1-6,8-11,17H,7,12-14H2. The lowest BCUT2D eigenvalue weighted by molar-refractivity contribution is -0.293. The summed E-state index contributed by atoms with van der Waals surface area (Å²) in [5, 5.41) is 0. The highest BCUT2D eigenvalue weighted by Gasteiger charge is 2.74. The first-order valence-corrected chi connectivity index (χ1v) is 9.95. The van der Waals surface area contributed by atoms with Crippen LogP contribution >= 0.6 is 0 Å². The first kappa shape index (κ1) is 22.3. The van der Waals surface area contributed by atoms with Gasteiger partial charge in [0.15, 0.2) is 0 Å². The quantitative estimate of drug-likeness (QED) is 0.595. The predicted octanol–water partition coefficient (Wildman–Crippen LogP) is 5.20. The molecule has 4 rings (SSSR count). The molecule has 1 fully saturated rings. The average Bonchev–Trinajstić information content (AvgIpc) is 3.26. The zero-order chi connectivity index (χ0) is 23.0. The Morgan fingerprint density at radius 1 is 0.812 bits per heavy atom. The minimum Gasteiger partial charge on any atom is -0.376 e. The molecule has 0 N–H and O–H groups in total. The fourth-order valence-corrected chi connectivity index (χ4v) is 3.75. The third-order valence-electron chi connectivity index (χ3n) is 5.31. The lowest BCUT2D eigenvalue weighted by atomic mass is 10.0. The van der Waals surface area contributed by atoms with Crippen LogP contribution in [0.2, 0.25) is 0 Å². The molecule has 1 unspecified atom stereocenters. The molecule has 2 aliphatic heterocycles. The maximum Gasteiger partial charge on any atom is 0.443 e. The molecule has 0 aromatic heterocycles. The molecule has 2 aliphatic rings. The summed E-state index contributed by atoms with van der Waals surface area (Å²) in [6, 6.07) is 15.0. The van der Waals surface area contributed by atoms with Crippen LogP contribution in [0.4, 0.5) is 26.3 Å². The van der Waals surface area contributed by atoms with Crippen LogP contribution in [-0.2, 0) is 4.74 Å². The third kappa shape index (κ3) is 3.99. The molecule has 2 aromatic rings. The Morgan fingerprint density at radius 2 is 1.28 bits per heavy atom. The molecule has 0 saturated carbocycles. The highest BCUT2D eigenvalue weighted by atomic mass is 19.4. The van der Waals surface area contributed by atoms with Crippen molar-refractivity contribution in [3.05, 3.63) is 71.8 Å². The van der Waals surface area contributed by atoms with Crippen molar-refractivity contribution in [1.29, 1.82) is 0 Å². The number of hydrogen-bond donors (Lipinski definition) is 0. The van der Waals surface area contributed by atoms with Crippen LogP contribution in [0.1, 0.15) is 24.0 Å². The van der Waals surface area contributed by atoms with E-state index in [-0.39, 0.29) is 23.8 Å². The van der Waals surface area contributed by atoms with E-state index < -0.39 is 29.7 Å². The molecule has 1 saturated heterocycles. The number of alkyl halides is 6. The minimum atomic E-state index is -5.80. The molecule has 0 spiro atoms. The number of rotatable bonds is 4. The highest BCUT2D eigenvalue weighted by Crippen LogP contribution is 2.49. The lowest BCUT2D eigenvalue weighted by Crippen LogP contribution is -2.60. The number of hydrogen-bond acceptors (Lipinski definition) is 4. The van der Waals surface area contributed by atoms with Crippen LogP contribution < -0.4 is 0 Å². The molecular weight excluding hydrogens is 436 g/mol. The average molecular weight is 455 g/mol. The number of ether oxygens (including phenoxy) is 1. The van der Waals surface area contributed by atoms with E-state index in [2.05, 4.69) is 9.98 Å².